The zero-order chi connectivity index (χ0) is 13.0. The van der Waals surface area contributed by atoms with Gasteiger partial charge in [-0.3, -0.25) is 0 Å². The van der Waals surface area contributed by atoms with Crippen molar-refractivity contribution in [1.29, 1.82) is 0 Å². The Morgan fingerprint density at radius 2 is 1.94 bits per heavy atom. The van der Waals surface area contributed by atoms with Crippen LogP contribution in [0.15, 0.2) is 35.5 Å². The fourth-order valence-corrected chi connectivity index (χ4v) is 2.83. The van der Waals surface area contributed by atoms with E-state index in [-0.39, 0.29) is 0 Å². The molecule has 0 bridgehead atoms. The quantitative estimate of drug-likeness (QED) is 0.842. The Kier molecular flexibility index (Phi) is 4.38. The third-order valence-electron chi connectivity index (χ3n) is 2.64. The summed E-state index contributed by atoms with van der Waals surface area (Å²) in [5.41, 5.74) is 6.96. The first-order chi connectivity index (χ1) is 8.72. The topological polar surface area (TPSA) is 56.7 Å². The number of nitrogens with zero attached hydrogens (tertiary/aromatic N) is 3. The molecule has 1 aromatic heterocycles. The third kappa shape index (κ3) is 2.91. The molecule has 1 heterocycles. The summed E-state index contributed by atoms with van der Waals surface area (Å²) in [6.07, 6.45) is 0. The van der Waals surface area contributed by atoms with Gasteiger partial charge in [-0.15, -0.1) is 10.2 Å². The maximum atomic E-state index is 5.68. The number of aromatic nitrogens is 3. The largest absolute Gasteiger partial charge is 0.324 e. The summed E-state index contributed by atoms with van der Waals surface area (Å²) in [7, 11) is 0. The van der Waals surface area contributed by atoms with Crippen LogP contribution in [0.25, 0.3) is 0 Å². The van der Waals surface area contributed by atoms with Crippen molar-refractivity contribution < 1.29 is 0 Å². The van der Waals surface area contributed by atoms with Crippen LogP contribution < -0.4 is 5.73 Å². The van der Waals surface area contributed by atoms with Crippen LogP contribution in [0.3, 0.4) is 0 Å². The van der Waals surface area contributed by atoms with Gasteiger partial charge in [0.15, 0.2) is 5.16 Å². The summed E-state index contributed by atoms with van der Waals surface area (Å²) in [6.45, 7) is 4.67. The van der Waals surface area contributed by atoms with Gasteiger partial charge in [0.25, 0.3) is 0 Å². The van der Waals surface area contributed by atoms with E-state index in [0.717, 1.165) is 16.7 Å². The summed E-state index contributed by atoms with van der Waals surface area (Å²) < 4.78 is 2.10. The number of benzene rings is 1. The van der Waals surface area contributed by atoms with E-state index in [1.54, 1.807) is 11.8 Å². The van der Waals surface area contributed by atoms with Crippen molar-refractivity contribution in [2.24, 2.45) is 5.73 Å². The van der Waals surface area contributed by atoms with Gasteiger partial charge in [-0.05, 0) is 19.4 Å². The van der Waals surface area contributed by atoms with Gasteiger partial charge in [0.1, 0.15) is 5.82 Å². The van der Waals surface area contributed by atoms with Crippen LogP contribution in [0, 0.1) is 0 Å². The Labute approximate surface area is 112 Å². The molecule has 0 radical (unpaired) electrons. The zero-order valence-electron chi connectivity index (χ0n) is 10.7. The number of hydrogen-bond donors (Lipinski definition) is 1. The van der Waals surface area contributed by atoms with E-state index < -0.39 is 0 Å². The molecule has 1 aromatic carbocycles. The maximum Gasteiger partial charge on any atom is 0.191 e. The monoisotopic (exact) mass is 262 g/mol. The highest BCUT2D eigenvalue weighted by atomic mass is 32.2. The second-order valence-corrected chi connectivity index (χ2v) is 5.28. The molecular weight excluding hydrogens is 244 g/mol. The van der Waals surface area contributed by atoms with E-state index in [1.165, 1.54) is 5.56 Å². The smallest absolute Gasteiger partial charge is 0.191 e. The molecule has 0 saturated carbocycles. The molecule has 0 fully saturated rings. The van der Waals surface area contributed by atoms with Gasteiger partial charge in [-0.25, -0.2) is 0 Å². The first-order valence-corrected chi connectivity index (χ1v) is 7.01. The molecule has 0 unspecified atom stereocenters. The molecule has 2 aromatic rings. The third-order valence-corrected chi connectivity index (χ3v) is 3.66. The predicted octanol–water partition coefficient (Wildman–Crippen LogP) is 2.61. The average molecular weight is 262 g/mol. The molecule has 2 N–H and O–H groups in total. The van der Waals surface area contributed by atoms with Gasteiger partial charge in [0, 0.05) is 11.8 Å². The molecule has 96 valence electrons. The molecule has 0 atom stereocenters. The first kappa shape index (κ1) is 13.1. The molecule has 0 spiro atoms. The van der Waals surface area contributed by atoms with Crippen molar-refractivity contribution >= 4 is 11.8 Å². The molecular formula is C13H18N4S. The minimum absolute atomic E-state index is 0.330. The summed E-state index contributed by atoms with van der Waals surface area (Å²) >= 11 is 1.70. The summed E-state index contributed by atoms with van der Waals surface area (Å²) in [6, 6.07) is 10.7. The zero-order valence-corrected chi connectivity index (χ0v) is 11.5. The van der Waals surface area contributed by atoms with Crippen LogP contribution in [-0.4, -0.2) is 14.8 Å². The van der Waals surface area contributed by atoms with Gasteiger partial charge >= 0.3 is 0 Å². The standard InChI is InChI=1S/C13H18N4S/c1-10(2)17-12(8-14)15-16-13(17)18-9-11-6-4-3-5-7-11/h3-7,10H,8-9,14H2,1-2H3. The fourth-order valence-electron chi connectivity index (χ4n) is 1.79. The fraction of sp³-hybridized carbons (Fsp3) is 0.385. The SMILES string of the molecule is CC(C)n1c(CN)nnc1SCc1ccccc1. The normalized spacial score (nSPS) is 11.1. The Hall–Kier alpha value is -1.33. The van der Waals surface area contributed by atoms with Gasteiger partial charge in [-0.1, -0.05) is 42.1 Å². The molecule has 0 amide bonds. The van der Waals surface area contributed by atoms with E-state index >= 15 is 0 Å². The number of hydrogen-bond acceptors (Lipinski definition) is 4. The van der Waals surface area contributed by atoms with E-state index in [2.05, 4.69) is 40.7 Å². The summed E-state index contributed by atoms with van der Waals surface area (Å²) in [5.74, 6) is 1.75. The van der Waals surface area contributed by atoms with E-state index in [9.17, 15) is 0 Å². The minimum Gasteiger partial charge on any atom is -0.324 e. The van der Waals surface area contributed by atoms with Crippen LogP contribution >= 0.6 is 11.8 Å². The minimum atomic E-state index is 0.330. The summed E-state index contributed by atoms with van der Waals surface area (Å²) in [4.78, 5) is 0. The molecule has 2 rings (SSSR count). The Morgan fingerprint density at radius 3 is 2.56 bits per heavy atom. The molecule has 4 nitrogen and oxygen atoms in total. The number of nitrogens with two attached hydrogens (primary N) is 1. The molecule has 0 aliphatic carbocycles. The summed E-state index contributed by atoms with van der Waals surface area (Å²) in [5, 5.41) is 9.29. The van der Waals surface area contributed by atoms with E-state index in [4.69, 9.17) is 5.73 Å². The van der Waals surface area contributed by atoms with Crippen molar-refractivity contribution in [2.75, 3.05) is 0 Å². The second kappa shape index (κ2) is 6.02. The highest BCUT2D eigenvalue weighted by molar-refractivity contribution is 7.98. The Balaban J connectivity index is 2.12. The number of thioether (sulfide) groups is 1. The van der Waals surface area contributed by atoms with Crippen LogP contribution in [-0.2, 0) is 12.3 Å². The molecule has 18 heavy (non-hydrogen) atoms. The highest BCUT2D eigenvalue weighted by Gasteiger charge is 2.13. The Bertz CT molecular complexity index is 493. The van der Waals surface area contributed by atoms with Gasteiger partial charge in [0.05, 0.1) is 6.54 Å². The molecule has 0 aliphatic heterocycles. The highest BCUT2D eigenvalue weighted by Crippen LogP contribution is 2.24. The molecule has 0 aliphatic rings. The van der Waals surface area contributed by atoms with Crippen molar-refractivity contribution in [3.63, 3.8) is 0 Å². The van der Waals surface area contributed by atoms with E-state index in [0.29, 0.717) is 12.6 Å². The van der Waals surface area contributed by atoms with Gasteiger partial charge in [-0.2, -0.15) is 0 Å². The number of rotatable bonds is 5. The van der Waals surface area contributed by atoms with Crippen molar-refractivity contribution in [3.05, 3.63) is 41.7 Å². The van der Waals surface area contributed by atoms with Crippen molar-refractivity contribution in [2.45, 2.75) is 37.3 Å². The second-order valence-electron chi connectivity index (χ2n) is 4.34. The molecule has 5 heteroatoms. The lowest BCUT2D eigenvalue weighted by molar-refractivity contribution is 0.526. The van der Waals surface area contributed by atoms with Crippen LogP contribution in [0.1, 0.15) is 31.3 Å². The van der Waals surface area contributed by atoms with Gasteiger partial charge < -0.3 is 10.3 Å². The first-order valence-electron chi connectivity index (χ1n) is 6.03. The lowest BCUT2D eigenvalue weighted by atomic mass is 10.2. The van der Waals surface area contributed by atoms with Crippen molar-refractivity contribution in [3.8, 4) is 0 Å². The molecule has 0 saturated heterocycles. The Morgan fingerprint density at radius 1 is 1.22 bits per heavy atom. The maximum absolute atomic E-state index is 5.68. The lowest BCUT2D eigenvalue weighted by Gasteiger charge is -2.12. The van der Waals surface area contributed by atoms with Crippen LogP contribution in [0.2, 0.25) is 0 Å². The lowest BCUT2D eigenvalue weighted by Crippen LogP contribution is -2.11. The van der Waals surface area contributed by atoms with Crippen LogP contribution in [0.5, 0.6) is 0 Å². The predicted molar refractivity (Wildman–Crippen MR) is 74.3 cm³/mol. The van der Waals surface area contributed by atoms with Crippen LogP contribution in [0.4, 0.5) is 0 Å². The van der Waals surface area contributed by atoms with Gasteiger partial charge in [0.2, 0.25) is 0 Å². The van der Waals surface area contributed by atoms with E-state index in [1.807, 2.05) is 18.2 Å². The van der Waals surface area contributed by atoms with Crippen molar-refractivity contribution in [1.82, 2.24) is 14.8 Å². The average Bonchev–Trinajstić information content (AvgIpc) is 2.80.